The Balaban J connectivity index is 2.38. The van der Waals surface area contributed by atoms with E-state index in [0.29, 0.717) is 11.4 Å². The molecule has 0 amide bonds. The lowest BCUT2D eigenvalue weighted by atomic mass is 9.99. The van der Waals surface area contributed by atoms with Gasteiger partial charge in [0.05, 0.1) is 4.90 Å². The molecule has 20 heavy (non-hydrogen) atoms. The average molecular weight is 296 g/mol. The topological polar surface area (TPSA) is 49.4 Å². The third-order valence-electron chi connectivity index (χ3n) is 4.21. The minimum atomic E-state index is -3.40. The van der Waals surface area contributed by atoms with Crippen molar-refractivity contribution in [2.75, 3.05) is 13.6 Å². The molecule has 1 aliphatic heterocycles. The molecule has 1 aromatic rings. The minimum absolute atomic E-state index is 0.0401. The maximum atomic E-state index is 12.9. The highest BCUT2D eigenvalue weighted by Gasteiger charge is 2.36. The fourth-order valence-electron chi connectivity index (χ4n) is 2.89. The van der Waals surface area contributed by atoms with Crippen LogP contribution in [-0.2, 0) is 10.0 Å². The first kappa shape index (κ1) is 15.5. The van der Waals surface area contributed by atoms with Crippen molar-refractivity contribution < 1.29 is 8.42 Å². The summed E-state index contributed by atoms with van der Waals surface area (Å²) in [6.45, 7) is 4.52. The Morgan fingerprint density at radius 3 is 2.65 bits per heavy atom. The fourth-order valence-corrected chi connectivity index (χ4v) is 4.89. The predicted octanol–water partition coefficient (Wildman–Crippen LogP) is 2.15. The number of likely N-dealkylation sites (N-methyl/N-ethyl adjacent to an activating group) is 1. The van der Waals surface area contributed by atoms with E-state index in [1.165, 1.54) is 0 Å². The summed E-state index contributed by atoms with van der Waals surface area (Å²) in [6.07, 6.45) is 2.96. The van der Waals surface area contributed by atoms with E-state index in [0.717, 1.165) is 24.8 Å². The molecule has 5 heteroatoms. The first-order valence-corrected chi connectivity index (χ1v) is 8.67. The van der Waals surface area contributed by atoms with Gasteiger partial charge in [-0.3, -0.25) is 0 Å². The van der Waals surface area contributed by atoms with Gasteiger partial charge >= 0.3 is 0 Å². The van der Waals surface area contributed by atoms with Crippen LogP contribution in [0.15, 0.2) is 29.2 Å². The Morgan fingerprint density at radius 2 is 2.00 bits per heavy atom. The zero-order chi connectivity index (χ0) is 14.8. The largest absolute Gasteiger partial charge is 0.316 e. The van der Waals surface area contributed by atoms with E-state index in [1.807, 2.05) is 26.1 Å². The monoisotopic (exact) mass is 296 g/mol. The summed E-state index contributed by atoms with van der Waals surface area (Å²) in [5.41, 5.74) is 0.814. The van der Waals surface area contributed by atoms with Crippen LogP contribution in [0.5, 0.6) is 0 Å². The molecule has 0 aromatic heterocycles. The number of rotatable bonds is 4. The van der Waals surface area contributed by atoms with Crippen LogP contribution in [0.1, 0.15) is 31.7 Å². The molecule has 0 bridgehead atoms. The number of nitrogens with one attached hydrogen (secondary N) is 1. The Bertz CT molecular complexity index is 557. The van der Waals surface area contributed by atoms with Crippen molar-refractivity contribution >= 4 is 10.0 Å². The number of nitrogens with zero attached hydrogens (tertiary/aromatic N) is 1. The van der Waals surface area contributed by atoms with Crippen molar-refractivity contribution in [3.63, 3.8) is 0 Å². The van der Waals surface area contributed by atoms with E-state index < -0.39 is 10.0 Å². The summed E-state index contributed by atoms with van der Waals surface area (Å²) in [5.74, 6) is 0. The molecule has 1 N–H and O–H groups in total. The van der Waals surface area contributed by atoms with Gasteiger partial charge in [-0.2, -0.15) is 4.31 Å². The van der Waals surface area contributed by atoms with Crippen LogP contribution >= 0.6 is 0 Å². The van der Waals surface area contributed by atoms with Crippen LogP contribution in [0.4, 0.5) is 0 Å². The second kappa shape index (κ2) is 6.24. The highest BCUT2D eigenvalue weighted by atomic mass is 32.2. The SMILES string of the molecule is CNC(C)C1CCCCN1S(=O)(=O)c1ccccc1C. The van der Waals surface area contributed by atoms with E-state index in [4.69, 9.17) is 0 Å². The van der Waals surface area contributed by atoms with Gasteiger partial charge in [0.1, 0.15) is 0 Å². The molecule has 2 unspecified atom stereocenters. The number of piperidine rings is 1. The van der Waals surface area contributed by atoms with Crippen LogP contribution in [0.25, 0.3) is 0 Å². The lowest BCUT2D eigenvalue weighted by Gasteiger charge is -2.38. The number of aryl methyl sites for hydroxylation is 1. The van der Waals surface area contributed by atoms with Crippen LogP contribution in [0.2, 0.25) is 0 Å². The van der Waals surface area contributed by atoms with Gasteiger partial charge in [-0.05, 0) is 45.4 Å². The van der Waals surface area contributed by atoms with Gasteiger partial charge in [0.2, 0.25) is 10.0 Å². The lowest BCUT2D eigenvalue weighted by Crippen LogP contribution is -2.52. The number of benzene rings is 1. The standard InChI is InChI=1S/C15H24N2O2S/c1-12-8-4-5-10-15(12)20(18,19)17-11-7-6-9-14(17)13(2)16-3/h4-5,8,10,13-14,16H,6-7,9,11H2,1-3H3. The Kier molecular flexibility index (Phi) is 4.83. The van der Waals surface area contributed by atoms with Gasteiger partial charge in [-0.25, -0.2) is 8.42 Å². The Hall–Kier alpha value is -0.910. The number of hydrogen-bond acceptors (Lipinski definition) is 3. The number of hydrogen-bond donors (Lipinski definition) is 1. The molecule has 1 heterocycles. The van der Waals surface area contributed by atoms with Crippen LogP contribution < -0.4 is 5.32 Å². The molecule has 2 rings (SSSR count). The fraction of sp³-hybridized carbons (Fsp3) is 0.600. The summed E-state index contributed by atoms with van der Waals surface area (Å²) in [5, 5.41) is 3.20. The lowest BCUT2D eigenvalue weighted by molar-refractivity contribution is 0.213. The molecule has 0 radical (unpaired) electrons. The molecular formula is C15H24N2O2S. The second-order valence-corrected chi connectivity index (χ2v) is 7.38. The molecule has 0 aliphatic carbocycles. The van der Waals surface area contributed by atoms with Gasteiger partial charge in [-0.1, -0.05) is 24.6 Å². The molecular weight excluding hydrogens is 272 g/mol. The van der Waals surface area contributed by atoms with E-state index in [1.54, 1.807) is 16.4 Å². The van der Waals surface area contributed by atoms with Gasteiger partial charge < -0.3 is 5.32 Å². The highest BCUT2D eigenvalue weighted by Crippen LogP contribution is 2.28. The van der Waals surface area contributed by atoms with E-state index in [9.17, 15) is 8.42 Å². The third-order valence-corrected chi connectivity index (χ3v) is 6.30. The zero-order valence-corrected chi connectivity index (χ0v) is 13.3. The molecule has 4 nitrogen and oxygen atoms in total. The maximum absolute atomic E-state index is 12.9. The van der Waals surface area contributed by atoms with Crippen molar-refractivity contribution in [3.05, 3.63) is 29.8 Å². The molecule has 1 aromatic carbocycles. The van der Waals surface area contributed by atoms with E-state index in [-0.39, 0.29) is 12.1 Å². The normalized spacial score (nSPS) is 22.6. The molecule has 2 atom stereocenters. The van der Waals surface area contributed by atoms with Gasteiger partial charge in [0.15, 0.2) is 0 Å². The maximum Gasteiger partial charge on any atom is 0.243 e. The molecule has 0 saturated carbocycles. The summed E-state index contributed by atoms with van der Waals surface area (Å²) < 4.78 is 27.6. The first-order chi connectivity index (χ1) is 9.48. The van der Waals surface area contributed by atoms with Crippen molar-refractivity contribution in [3.8, 4) is 0 Å². The molecule has 1 saturated heterocycles. The second-order valence-electron chi connectivity index (χ2n) is 5.52. The van der Waals surface area contributed by atoms with Gasteiger partial charge in [0.25, 0.3) is 0 Å². The van der Waals surface area contributed by atoms with Gasteiger partial charge in [-0.15, -0.1) is 0 Å². The Morgan fingerprint density at radius 1 is 1.30 bits per heavy atom. The third kappa shape index (κ3) is 2.90. The van der Waals surface area contributed by atoms with Crippen molar-refractivity contribution in [2.24, 2.45) is 0 Å². The van der Waals surface area contributed by atoms with Crippen LogP contribution in [0, 0.1) is 6.92 Å². The molecule has 112 valence electrons. The summed E-state index contributed by atoms with van der Waals surface area (Å²) in [4.78, 5) is 0.440. The summed E-state index contributed by atoms with van der Waals surface area (Å²) in [7, 11) is -1.52. The van der Waals surface area contributed by atoms with Crippen LogP contribution in [0.3, 0.4) is 0 Å². The van der Waals surface area contributed by atoms with Gasteiger partial charge in [0, 0.05) is 18.6 Å². The first-order valence-electron chi connectivity index (χ1n) is 7.23. The molecule has 1 fully saturated rings. The predicted molar refractivity (Wildman–Crippen MR) is 81.2 cm³/mol. The van der Waals surface area contributed by atoms with E-state index in [2.05, 4.69) is 12.2 Å². The summed E-state index contributed by atoms with van der Waals surface area (Å²) in [6, 6.07) is 7.43. The minimum Gasteiger partial charge on any atom is -0.316 e. The van der Waals surface area contributed by atoms with E-state index >= 15 is 0 Å². The highest BCUT2D eigenvalue weighted by molar-refractivity contribution is 7.89. The van der Waals surface area contributed by atoms with Crippen molar-refractivity contribution in [1.29, 1.82) is 0 Å². The van der Waals surface area contributed by atoms with Crippen molar-refractivity contribution in [1.82, 2.24) is 9.62 Å². The summed E-state index contributed by atoms with van der Waals surface area (Å²) >= 11 is 0. The quantitative estimate of drug-likeness (QED) is 0.926. The molecule has 1 aliphatic rings. The Labute approximate surface area is 122 Å². The number of sulfonamides is 1. The molecule has 0 spiro atoms. The van der Waals surface area contributed by atoms with Crippen LogP contribution in [-0.4, -0.2) is 38.4 Å². The zero-order valence-electron chi connectivity index (χ0n) is 12.5. The smallest absolute Gasteiger partial charge is 0.243 e. The van der Waals surface area contributed by atoms with Crippen molar-refractivity contribution in [2.45, 2.75) is 50.1 Å². The average Bonchev–Trinajstić information content (AvgIpc) is 2.46.